The third-order valence-corrected chi connectivity index (χ3v) is 3.44. The number of pyridine rings is 1. The lowest BCUT2D eigenvalue weighted by molar-refractivity contribution is 0.201. The van der Waals surface area contributed by atoms with Crippen LogP contribution in [0.5, 0.6) is 11.5 Å². The van der Waals surface area contributed by atoms with Crippen molar-refractivity contribution in [1.82, 2.24) is 4.98 Å². The molecule has 0 saturated carbocycles. The van der Waals surface area contributed by atoms with E-state index in [1.807, 2.05) is 0 Å². The monoisotopic (exact) mass is 281 g/mol. The lowest BCUT2D eigenvalue weighted by Gasteiger charge is -2.12. The van der Waals surface area contributed by atoms with Crippen LogP contribution >= 0.6 is 0 Å². The number of hydrogen-bond donors (Lipinski definition) is 3. The van der Waals surface area contributed by atoms with Gasteiger partial charge < -0.3 is 15.3 Å². The Morgan fingerprint density at radius 1 is 0.905 bits per heavy atom. The van der Waals surface area contributed by atoms with Gasteiger partial charge in [0, 0.05) is 10.9 Å². The Balaban J connectivity index is 2.25. The number of rotatable bonds is 2. The second-order valence-corrected chi connectivity index (χ2v) is 5.02. The summed E-state index contributed by atoms with van der Waals surface area (Å²) in [6.45, 7) is 1.68. The van der Waals surface area contributed by atoms with E-state index in [0.717, 1.165) is 10.9 Å². The first-order valence-corrected chi connectivity index (χ1v) is 6.66. The highest BCUT2D eigenvalue weighted by molar-refractivity contribution is 5.86. The zero-order valence-electron chi connectivity index (χ0n) is 11.5. The van der Waals surface area contributed by atoms with Gasteiger partial charge in [-0.2, -0.15) is 0 Å². The van der Waals surface area contributed by atoms with Gasteiger partial charge in [-0.05, 0) is 61.0 Å². The van der Waals surface area contributed by atoms with Gasteiger partial charge in [-0.1, -0.05) is 0 Å². The third-order valence-electron chi connectivity index (χ3n) is 3.44. The number of aromatic nitrogens is 1. The number of aromatic hydroxyl groups is 2. The van der Waals surface area contributed by atoms with E-state index in [4.69, 9.17) is 0 Å². The fourth-order valence-corrected chi connectivity index (χ4v) is 2.37. The summed E-state index contributed by atoms with van der Waals surface area (Å²) in [5.74, 6) is 0.337. The number of hydrogen-bond acceptors (Lipinski definition) is 4. The molecule has 3 N–H and O–H groups in total. The molecule has 1 unspecified atom stereocenters. The van der Waals surface area contributed by atoms with E-state index in [1.54, 1.807) is 55.5 Å². The molecule has 1 atom stereocenters. The van der Waals surface area contributed by atoms with Crippen LogP contribution in [0.3, 0.4) is 0 Å². The first-order valence-electron chi connectivity index (χ1n) is 6.66. The first-order chi connectivity index (χ1) is 10.0. The van der Waals surface area contributed by atoms with E-state index >= 15 is 0 Å². The first kappa shape index (κ1) is 13.4. The predicted octanol–water partition coefficient (Wildman–Crippen LogP) is 3.37. The fraction of sp³-hybridized carbons (Fsp3) is 0.118. The molecule has 0 amide bonds. The molecule has 21 heavy (non-hydrogen) atoms. The molecule has 0 aliphatic rings. The average molecular weight is 281 g/mol. The maximum atomic E-state index is 9.98. The zero-order chi connectivity index (χ0) is 15.0. The second kappa shape index (κ2) is 5.07. The predicted molar refractivity (Wildman–Crippen MR) is 81.1 cm³/mol. The Morgan fingerprint density at radius 3 is 2.24 bits per heavy atom. The van der Waals surface area contributed by atoms with Gasteiger partial charge in [-0.3, -0.25) is 0 Å². The van der Waals surface area contributed by atoms with Crippen LogP contribution in [0.1, 0.15) is 18.6 Å². The van der Waals surface area contributed by atoms with Gasteiger partial charge in [-0.25, -0.2) is 4.98 Å². The van der Waals surface area contributed by atoms with Crippen molar-refractivity contribution in [2.24, 2.45) is 0 Å². The fourth-order valence-electron chi connectivity index (χ4n) is 2.37. The van der Waals surface area contributed by atoms with E-state index < -0.39 is 6.10 Å². The Kier molecular flexibility index (Phi) is 3.23. The molecule has 0 saturated heterocycles. The van der Waals surface area contributed by atoms with Crippen molar-refractivity contribution in [2.45, 2.75) is 13.0 Å². The minimum Gasteiger partial charge on any atom is -0.508 e. The van der Waals surface area contributed by atoms with E-state index in [-0.39, 0.29) is 11.5 Å². The van der Waals surface area contributed by atoms with E-state index in [1.165, 1.54) is 0 Å². The van der Waals surface area contributed by atoms with Crippen LogP contribution in [0.2, 0.25) is 0 Å². The molecule has 0 aliphatic heterocycles. The number of nitrogens with zero attached hydrogens (tertiary/aromatic N) is 1. The van der Waals surface area contributed by atoms with Gasteiger partial charge in [-0.15, -0.1) is 0 Å². The van der Waals surface area contributed by atoms with Crippen molar-refractivity contribution in [3.63, 3.8) is 0 Å². The van der Waals surface area contributed by atoms with Crippen LogP contribution in [0.25, 0.3) is 22.2 Å². The molecule has 1 heterocycles. The number of phenols is 2. The number of aliphatic hydroxyl groups is 1. The Bertz CT molecular complexity index is 795. The zero-order valence-corrected chi connectivity index (χ0v) is 11.5. The minimum absolute atomic E-state index is 0.142. The maximum absolute atomic E-state index is 9.98. The standard InChI is InChI=1S/C17H15NO3/c1-10(19)14-9-17(11-2-4-12(20)5-3-11)18-16-7-6-13(21)8-15(14)16/h2-10,19-21H,1H3. The number of benzene rings is 2. The summed E-state index contributed by atoms with van der Waals surface area (Å²) >= 11 is 0. The molecule has 0 spiro atoms. The van der Waals surface area contributed by atoms with Crippen LogP contribution in [-0.4, -0.2) is 20.3 Å². The van der Waals surface area contributed by atoms with E-state index in [2.05, 4.69) is 4.98 Å². The van der Waals surface area contributed by atoms with Gasteiger partial charge in [0.2, 0.25) is 0 Å². The molecule has 106 valence electrons. The molecule has 4 nitrogen and oxygen atoms in total. The average Bonchev–Trinajstić information content (AvgIpc) is 2.46. The summed E-state index contributed by atoms with van der Waals surface area (Å²) in [5, 5.41) is 29.7. The molecule has 1 aromatic heterocycles. The highest BCUT2D eigenvalue weighted by Crippen LogP contribution is 2.31. The second-order valence-electron chi connectivity index (χ2n) is 5.02. The largest absolute Gasteiger partial charge is 0.508 e. The summed E-state index contributed by atoms with van der Waals surface area (Å²) < 4.78 is 0. The number of fused-ring (bicyclic) bond motifs is 1. The molecule has 2 aromatic carbocycles. The summed E-state index contributed by atoms with van der Waals surface area (Å²) in [4.78, 5) is 4.56. The highest BCUT2D eigenvalue weighted by atomic mass is 16.3. The van der Waals surface area contributed by atoms with Crippen LogP contribution < -0.4 is 0 Å². The van der Waals surface area contributed by atoms with Crippen molar-refractivity contribution in [3.8, 4) is 22.8 Å². The number of phenolic OH excluding ortho intramolecular Hbond substituents is 2. The summed E-state index contributed by atoms with van der Waals surface area (Å²) in [7, 11) is 0. The number of aliphatic hydroxyl groups excluding tert-OH is 1. The van der Waals surface area contributed by atoms with Crippen molar-refractivity contribution < 1.29 is 15.3 Å². The van der Waals surface area contributed by atoms with Gasteiger partial charge in [0.05, 0.1) is 17.3 Å². The summed E-state index contributed by atoms with van der Waals surface area (Å²) in [6.07, 6.45) is -0.673. The maximum Gasteiger partial charge on any atom is 0.116 e. The quantitative estimate of drug-likeness (QED) is 0.673. The van der Waals surface area contributed by atoms with Gasteiger partial charge in [0.15, 0.2) is 0 Å². The van der Waals surface area contributed by atoms with Gasteiger partial charge in [0.25, 0.3) is 0 Å². The van der Waals surface area contributed by atoms with Gasteiger partial charge >= 0.3 is 0 Å². The molecular weight excluding hydrogens is 266 g/mol. The van der Waals surface area contributed by atoms with Crippen LogP contribution in [0.4, 0.5) is 0 Å². The molecule has 4 heteroatoms. The smallest absolute Gasteiger partial charge is 0.116 e. The minimum atomic E-state index is -0.673. The Labute approximate surface area is 122 Å². The normalized spacial score (nSPS) is 12.5. The van der Waals surface area contributed by atoms with E-state index in [9.17, 15) is 15.3 Å². The van der Waals surface area contributed by atoms with Crippen molar-refractivity contribution >= 4 is 10.9 Å². The molecule has 3 rings (SSSR count). The van der Waals surface area contributed by atoms with Crippen molar-refractivity contribution in [2.75, 3.05) is 0 Å². The SMILES string of the molecule is CC(O)c1cc(-c2ccc(O)cc2)nc2ccc(O)cc12. The molecule has 0 aliphatic carbocycles. The van der Waals surface area contributed by atoms with Crippen molar-refractivity contribution in [3.05, 3.63) is 54.1 Å². The third kappa shape index (κ3) is 2.53. The Hall–Kier alpha value is -2.59. The van der Waals surface area contributed by atoms with Crippen molar-refractivity contribution in [1.29, 1.82) is 0 Å². The molecule has 0 radical (unpaired) electrons. The highest BCUT2D eigenvalue weighted by Gasteiger charge is 2.12. The summed E-state index contributed by atoms with van der Waals surface area (Å²) in [5.41, 5.74) is 2.97. The lowest BCUT2D eigenvalue weighted by Crippen LogP contribution is -1.96. The molecule has 0 bridgehead atoms. The molecule has 3 aromatic rings. The van der Waals surface area contributed by atoms with Crippen LogP contribution in [0.15, 0.2) is 48.5 Å². The lowest BCUT2D eigenvalue weighted by atomic mass is 10.0. The topological polar surface area (TPSA) is 73.6 Å². The molecular formula is C17H15NO3. The molecule has 0 fully saturated rings. The Morgan fingerprint density at radius 2 is 1.57 bits per heavy atom. The van der Waals surface area contributed by atoms with Crippen LogP contribution in [0, 0.1) is 0 Å². The van der Waals surface area contributed by atoms with Gasteiger partial charge in [0.1, 0.15) is 11.5 Å². The van der Waals surface area contributed by atoms with E-state index in [0.29, 0.717) is 16.8 Å². The summed E-state index contributed by atoms with van der Waals surface area (Å²) in [6, 6.07) is 13.4. The van der Waals surface area contributed by atoms with Crippen LogP contribution in [-0.2, 0) is 0 Å².